The molecule has 2 aromatic heterocycles. The Balaban J connectivity index is 1.06. The average molecular weight is 765 g/mol. The van der Waals surface area contributed by atoms with Gasteiger partial charge in [-0.3, -0.25) is 0 Å². The zero-order chi connectivity index (χ0) is 39.6. The van der Waals surface area contributed by atoms with Crippen molar-refractivity contribution in [3.63, 3.8) is 0 Å². The van der Waals surface area contributed by atoms with Crippen molar-refractivity contribution < 1.29 is 4.42 Å². The molecule has 0 bridgehead atoms. The van der Waals surface area contributed by atoms with Crippen LogP contribution in [0.2, 0.25) is 0 Å². The zero-order valence-corrected chi connectivity index (χ0v) is 32.6. The highest BCUT2D eigenvalue weighted by molar-refractivity contribution is 6.12. The molecule has 9 aromatic carbocycles. The van der Waals surface area contributed by atoms with E-state index in [1.807, 2.05) is 18.2 Å². The summed E-state index contributed by atoms with van der Waals surface area (Å²) < 4.78 is 6.24. The van der Waals surface area contributed by atoms with Crippen LogP contribution in [0.25, 0.3) is 88.9 Å². The van der Waals surface area contributed by atoms with E-state index in [0.717, 1.165) is 71.9 Å². The Morgan fingerprint density at radius 2 is 0.900 bits per heavy atom. The van der Waals surface area contributed by atoms with Crippen LogP contribution in [0.5, 0.6) is 0 Å². The predicted octanol–water partition coefficient (Wildman–Crippen LogP) is 14.6. The maximum atomic E-state index is 6.24. The SMILES string of the molecule is c1ccc(C2(c3ccccc3)c3ccccc3-c3ccc(-c4cc(-c5ccc(-c6cccc7oc8ccccc8c67)cc5)nc(-c5cccc6ccccc56)n4)cc32)cc1. The summed E-state index contributed by atoms with van der Waals surface area (Å²) in [5.74, 6) is 0.694. The largest absolute Gasteiger partial charge is 0.456 e. The smallest absolute Gasteiger partial charge is 0.161 e. The minimum Gasteiger partial charge on any atom is -0.456 e. The Morgan fingerprint density at radius 3 is 1.70 bits per heavy atom. The Bertz CT molecular complexity index is 3380. The molecule has 0 N–H and O–H groups in total. The van der Waals surface area contributed by atoms with Gasteiger partial charge in [0.05, 0.1) is 16.8 Å². The van der Waals surface area contributed by atoms with Gasteiger partial charge < -0.3 is 4.42 Å². The molecule has 0 radical (unpaired) electrons. The number of aromatic nitrogens is 2. The van der Waals surface area contributed by atoms with Crippen LogP contribution in [0.15, 0.2) is 223 Å². The third-order valence-corrected chi connectivity index (χ3v) is 12.4. The lowest BCUT2D eigenvalue weighted by atomic mass is 9.67. The summed E-state index contributed by atoms with van der Waals surface area (Å²) in [5.41, 5.74) is 15.8. The highest BCUT2D eigenvalue weighted by atomic mass is 16.3. The van der Waals surface area contributed by atoms with Crippen molar-refractivity contribution in [1.82, 2.24) is 9.97 Å². The van der Waals surface area contributed by atoms with Gasteiger partial charge in [-0.1, -0.05) is 194 Å². The maximum absolute atomic E-state index is 6.24. The van der Waals surface area contributed by atoms with E-state index in [4.69, 9.17) is 14.4 Å². The van der Waals surface area contributed by atoms with Crippen LogP contribution >= 0.6 is 0 Å². The second-order valence-corrected chi connectivity index (χ2v) is 15.6. The topological polar surface area (TPSA) is 38.9 Å². The van der Waals surface area contributed by atoms with E-state index in [1.54, 1.807) is 0 Å². The van der Waals surface area contributed by atoms with Gasteiger partial charge in [0.1, 0.15) is 11.2 Å². The van der Waals surface area contributed by atoms with Gasteiger partial charge in [-0.25, -0.2) is 9.97 Å². The van der Waals surface area contributed by atoms with Gasteiger partial charge in [0.2, 0.25) is 0 Å². The molecule has 3 heteroatoms. The number of nitrogens with zero attached hydrogens (tertiary/aromatic N) is 2. The molecule has 0 saturated heterocycles. The first-order valence-corrected chi connectivity index (χ1v) is 20.5. The van der Waals surface area contributed by atoms with Crippen molar-refractivity contribution in [2.24, 2.45) is 0 Å². The van der Waals surface area contributed by atoms with Crippen molar-refractivity contribution in [2.45, 2.75) is 5.41 Å². The fourth-order valence-electron chi connectivity index (χ4n) is 9.72. The molecular formula is C57H36N2O. The molecule has 0 spiro atoms. The van der Waals surface area contributed by atoms with Crippen molar-refractivity contribution in [3.05, 3.63) is 241 Å². The lowest BCUT2D eigenvalue weighted by molar-refractivity contribution is 0.669. The molecule has 1 aliphatic carbocycles. The number of hydrogen-bond donors (Lipinski definition) is 0. The van der Waals surface area contributed by atoms with E-state index >= 15 is 0 Å². The molecule has 0 saturated carbocycles. The Hall–Kier alpha value is -7.88. The fourth-order valence-corrected chi connectivity index (χ4v) is 9.72. The molecular weight excluding hydrogens is 729 g/mol. The molecule has 0 amide bonds. The van der Waals surface area contributed by atoms with E-state index in [9.17, 15) is 0 Å². The number of fused-ring (bicyclic) bond motifs is 7. The first-order valence-electron chi connectivity index (χ1n) is 20.5. The second kappa shape index (κ2) is 13.6. The molecule has 0 atom stereocenters. The normalized spacial score (nSPS) is 12.8. The Morgan fingerprint density at radius 1 is 0.350 bits per heavy atom. The van der Waals surface area contributed by atoms with E-state index in [1.165, 1.54) is 33.4 Å². The van der Waals surface area contributed by atoms with Gasteiger partial charge in [0, 0.05) is 27.5 Å². The second-order valence-electron chi connectivity index (χ2n) is 15.6. The lowest BCUT2D eigenvalue weighted by Gasteiger charge is -2.34. The van der Waals surface area contributed by atoms with Crippen LogP contribution in [-0.4, -0.2) is 9.97 Å². The molecule has 11 aromatic rings. The summed E-state index contributed by atoms with van der Waals surface area (Å²) in [6.07, 6.45) is 0. The van der Waals surface area contributed by atoms with E-state index in [2.05, 4.69) is 200 Å². The molecule has 280 valence electrons. The molecule has 2 heterocycles. The summed E-state index contributed by atoms with van der Waals surface area (Å²) >= 11 is 0. The van der Waals surface area contributed by atoms with Gasteiger partial charge in [-0.05, 0) is 79.5 Å². The predicted molar refractivity (Wildman–Crippen MR) is 246 cm³/mol. The molecule has 0 fully saturated rings. The number of rotatable bonds is 6. The highest BCUT2D eigenvalue weighted by Crippen LogP contribution is 2.56. The minimum atomic E-state index is -0.516. The summed E-state index contributed by atoms with van der Waals surface area (Å²) in [7, 11) is 0. The summed E-state index contributed by atoms with van der Waals surface area (Å²) in [5, 5.41) is 4.52. The fraction of sp³-hybridized carbons (Fsp3) is 0.0175. The molecule has 1 aliphatic rings. The van der Waals surface area contributed by atoms with Gasteiger partial charge in [-0.15, -0.1) is 0 Å². The minimum absolute atomic E-state index is 0.516. The monoisotopic (exact) mass is 764 g/mol. The standard InChI is InChI=1S/C57H36N2O/c1-3-17-41(18-4-1)57(42-19-5-2-6-20-42)49-26-11-9-22-45(49)46-34-33-40(35-50(46)57)52-36-51(58-56(59-52)47-25-13-16-37-15-7-8-21-43(37)47)39-31-29-38(30-32-39)44-24-14-28-54-55(44)48-23-10-12-27-53(48)60-54/h1-36H. The van der Waals surface area contributed by atoms with Crippen molar-refractivity contribution in [2.75, 3.05) is 0 Å². The number of para-hydroxylation sites is 1. The summed E-state index contributed by atoms with van der Waals surface area (Å²) in [6.45, 7) is 0. The molecule has 0 aliphatic heterocycles. The summed E-state index contributed by atoms with van der Waals surface area (Å²) in [6, 6.07) is 78.1. The average Bonchev–Trinajstić information content (AvgIpc) is 3.86. The van der Waals surface area contributed by atoms with Crippen LogP contribution in [0.4, 0.5) is 0 Å². The van der Waals surface area contributed by atoms with Crippen LogP contribution in [0.1, 0.15) is 22.3 Å². The van der Waals surface area contributed by atoms with Crippen molar-refractivity contribution in [3.8, 4) is 56.2 Å². The number of hydrogen-bond acceptors (Lipinski definition) is 3. The molecule has 12 rings (SSSR count). The third kappa shape index (κ3) is 5.23. The van der Waals surface area contributed by atoms with Gasteiger partial charge in [0.25, 0.3) is 0 Å². The van der Waals surface area contributed by atoms with E-state index < -0.39 is 5.41 Å². The molecule has 60 heavy (non-hydrogen) atoms. The maximum Gasteiger partial charge on any atom is 0.161 e. The third-order valence-electron chi connectivity index (χ3n) is 12.4. The quantitative estimate of drug-likeness (QED) is 0.169. The van der Waals surface area contributed by atoms with Crippen LogP contribution in [0, 0.1) is 0 Å². The van der Waals surface area contributed by atoms with Crippen molar-refractivity contribution >= 4 is 32.7 Å². The van der Waals surface area contributed by atoms with Crippen LogP contribution < -0.4 is 0 Å². The summed E-state index contributed by atoms with van der Waals surface area (Å²) in [4.78, 5) is 10.8. The molecule has 0 unspecified atom stereocenters. The van der Waals surface area contributed by atoms with E-state index in [-0.39, 0.29) is 0 Å². The Kier molecular flexibility index (Phi) is 7.76. The van der Waals surface area contributed by atoms with Gasteiger partial charge in [0.15, 0.2) is 5.82 Å². The van der Waals surface area contributed by atoms with E-state index in [0.29, 0.717) is 5.82 Å². The molecule has 3 nitrogen and oxygen atoms in total. The first kappa shape index (κ1) is 34.2. The van der Waals surface area contributed by atoms with Gasteiger partial charge in [-0.2, -0.15) is 0 Å². The zero-order valence-electron chi connectivity index (χ0n) is 32.6. The highest BCUT2D eigenvalue weighted by Gasteiger charge is 2.46. The number of benzene rings is 9. The first-order chi connectivity index (χ1) is 29.7. The van der Waals surface area contributed by atoms with Crippen LogP contribution in [-0.2, 0) is 5.41 Å². The Labute approximate surface area is 347 Å². The van der Waals surface area contributed by atoms with Gasteiger partial charge >= 0.3 is 0 Å². The van der Waals surface area contributed by atoms with Crippen molar-refractivity contribution in [1.29, 1.82) is 0 Å². The lowest BCUT2D eigenvalue weighted by Crippen LogP contribution is -2.28. The van der Waals surface area contributed by atoms with Crippen LogP contribution in [0.3, 0.4) is 0 Å². The number of furan rings is 1.